The van der Waals surface area contributed by atoms with Gasteiger partial charge in [-0.2, -0.15) is 0 Å². The van der Waals surface area contributed by atoms with Gasteiger partial charge < -0.3 is 9.72 Å². The molecule has 0 atom stereocenters. The number of aromatic nitrogens is 2. The van der Waals surface area contributed by atoms with Crippen molar-refractivity contribution in [3.05, 3.63) is 71.0 Å². The lowest BCUT2D eigenvalue weighted by atomic mass is 10.1. The minimum atomic E-state index is 0.579. The molecule has 0 radical (unpaired) electrons. The average Bonchev–Trinajstić information content (AvgIpc) is 2.97. The molecule has 0 unspecified atom stereocenters. The van der Waals surface area contributed by atoms with Crippen LogP contribution in [0.4, 0.5) is 0 Å². The van der Waals surface area contributed by atoms with Gasteiger partial charge in [0.15, 0.2) is 5.70 Å². The molecule has 1 aromatic carbocycles. The molecule has 2 heterocycles. The second-order valence-electron chi connectivity index (χ2n) is 4.99. The van der Waals surface area contributed by atoms with Gasteiger partial charge in [-0.3, -0.25) is 4.98 Å². The Hall–Kier alpha value is -3.06. The molecule has 108 valence electrons. The quantitative estimate of drug-likeness (QED) is 0.730. The van der Waals surface area contributed by atoms with Crippen molar-refractivity contribution in [1.29, 1.82) is 0 Å². The molecule has 1 N–H and O–H groups in total. The summed E-state index contributed by atoms with van der Waals surface area (Å²) in [5, 5.41) is 0.975. The number of pyridine rings is 1. The SMILES string of the molecule is [C-]#[N+]/C(=C\c1cnccc1C)c1c[nH]c2ccc(OC)cc12. The van der Waals surface area contributed by atoms with Gasteiger partial charge in [0.2, 0.25) is 0 Å². The fraction of sp³-hybridized carbons (Fsp3) is 0.111. The molecule has 4 nitrogen and oxygen atoms in total. The summed E-state index contributed by atoms with van der Waals surface area (Å²) in [5.41, 5.74) is 4.47. The molecular weight excluding hydrogens is 274 g/mol. The largest absolute Gasteiger partial charge is 0.497 e. The highest BCUT2D eigenvalue weighted by atomic mass is 16.5. The first-order chi connectivity index (χ1) is 10.7. The zero-order chi connectivity index (χ0) is 15.5. The Kier molecular flexibility index (Phi) is 3.63. The molecule has 0 saturated carbocycles. The van der Waals surface area contributed by atoms with Crippen LogP contribution in [-0.2, 0) is 0 Å². The van der Waals surface area contributed by atoms with Crippen molar-refractivity contribution in [2.45, 2.75) is 6.92 Å². The monoisotopic (exact) mass is 289 g/mol. The highest BCUT2D eigenvalue weighted by Gasteiger charge is 2.10. The predicted octanol–water partition coefficient (Wildman–Crippen LogP) is 4.30. The van der Waals surface area contributed by atoms with Crippen LogP contribution in [0.2, 0.25) is 0 Å². The van der Waals surface area contributed by atoms with Crippen LogP contribution in [0.1, 0.15) is 16.7 Å². The zero-order valence-electron chi connectivity index (χ0n) is 12.4. The van der Waals surface area contributed by atoms with Gasteiger partial charge in [-0.15, -0.1) is 0 Å². The van der Waals surface area contributed by atoms with Gasteiger partial charge in [0.25, 0.3) is 0 Å². The molecule has 0 bridgehead atoms. The van der Waals surface area contributed by atoms with E-state index in [0.717, 1.165) is 33.3 Å². The lowest BCUT2D eigenvalue weighted by Crippen LogP contribution is -1.85. The van der Waals surface area contributed by atoms with Crippen molar-refractivity contribution in [2.75, 3.05) is 7.11 Å². The summed E-state index contributed by atoms with van der Waals surface area (Å²) in [6.45, 7) is 9.53. The third kappa shape index (κ3) is 2.45. The Labute approximate surface area is 128 Å². The fourth-order valence-corrected chi connectivity index (χ4v) is 2.38. The van der Waals surface area contributed by atoms with E-state index >= 15 is 0 Å². The van der Waals surface area contributed by atoms with E-state index in [1.54, 1.807) is 19.5 Å². The maximum Gasteiger partial charge on any atom is 0.197 e. The lowest BCUT2D eigenvalue weighted by molar-refractivity contribution is 0.415. The van der Waals surface area contributed by atoms with Crippen molar-refractivity contribution in [3.63, 3.8) is 0 Å². The highest BCUT2D eigenvalue weighted by Crippen LogP contribution is 2.30. The number of hydrogen-bond donors (Lipinski definition) is 1. The van der Waals surface area contributed by atoms with Crippen molar-refractivity contribution in [1.82, 2.24) is 9.97 Å². The number of nitrogens with one attached hydrogen (secondary N) is 1. The van der Waals surface area contributed by atoms with Crippen LogP contribution in [0.25, 0.3) is 27.5 Å². The highest BCUT2D eigenvalue weighted by molar-refractivity contribution is 5.99. The second kappa shape index (κ2) is 5.74. The van der Waals surface area contributed by atoms with Gasteiger partial charge in [0.05, 0.1) is 13.7 Å². The van der Waals surface area contributed by atoms with Gasteiger partial charge in [0.1, 0.15) is 5.75 Å². The molecular formula is C18H15N3O. The Balaban J connectivity index is 2.16. The molecule has 0 saturated heterocycles. The van der Waals surface area contributed by atoms with E-state index in [0.29, 0.717) is 5.70 Å². The third-order valence-electron chi connectivity index (χ3n) is 3.66. The number of hydrogen-bond acceptors (Lipinski definition) is 2. The summed E-state index contributed by atoms with van der Waals surface area (Å²) < 4.78 is 5.28. The molecule has 0 amide bonds. The van der Waals surface area contributed by atoms with Crippen LogP contribution in [0, 0.1) is 13.5 Å². The maximum absolute atomic E-state index is 7.52. The Morgan fingerprint density at radius 2 is 2.23 bits per heavy atom. The fourth-order valence-electron chi connectivity index (χ4n) is 2.38. The number of methoxy groups -OCH3 is 1. The van der Waals surface area contributed by atoms with Crippen LogP contribution in [0.15, 0.2) is 42.9 Å². The normalized spacial score (nSPS) is 11.4. The molecule has 0 spiro atoms. The number of aryl methyl sites for hydroxylation is 1. The number of benzene rings is 1. The summed E-state index contributed by atoms with van der Waals surface area (Å²) in [7, 11) is 1.64. The summed E-state index contributed by atoms with van der Waals surface area (Å²) in [5.74, 6) is 0.773. The first kappa shape index (κ1) is 13.9. The van der Waals surface area contributed by atoms with Gasteiger partial charge in [-0.05, 0) is 60.0 Å². The lowest BCUT2D eigenvalue weighted by Gasteiger charge is -2.03. The molecule has 3 aromatic rings. The zero-order valence-corrected chi connectivity index (χ0v) is 12.4. The average molecular weight is 289 g/mol. The molecule has 3 rings (SSSR count). The van der Waals surface area contributed by atoms with Gasteiger partial charge in [0, 0.05) is 23.5 Å². The molecule has 0 aliphatic heterocycles. The third-order valence-corrected chi connectivity index (χ3v) is 3.66. The van der Waals surface area contributed by atoms with Crippen LogP contribution in [0.3, 0.4) is 0 Å². The number of ether oxygens (including phenoxy) is 1. The number of aromatic amines is 1. The second-order valence-corrected chi connectivity index (χ2v) is 4.99. The number of nitrogens with zero attached hydrogens (tertiary/aromatic N) is 2. The predicted molar refractivity (Wildman–Crippen MR) is 88.3 cm³/mol. The minimum Gasteiger partial charge on any atom is -0.497 e. The maximum atomic E-state index is 7.52. The number of fused-ring (bicyclic) bond motifs is 1. The molecule has 0 aliphatic carbocycles. The van der Waals surface area contributed by atoms with Gasteiger partial charge in [-0.25, -0.2) is 4.85 Å². The van der Waals surface area contributed by atoms with E-state index in [-0.39, 0.29) is 0 Å². The summed E-state index contributed by atoms with van der Waals surface area (Å²) in [6.07, 6.45) is 7.26. The smallest absolute Gasteiger partial charge is 0.197 e. The number of H-pyrrole nitrogens is 1. The first-order valence-electron chi connectivity index (χ1n) is 6.88. The minimum absolute atomic E-state index is 0.579. The Morgan fingerprint density at radius 1 is 1.36 bits per heavy atom. The van der Waals surface area contributed by atoms with E-state index in [2.05, 4.69) is 14.8 Å². The summed E-state index contributed by atoms with van der Waals surface area (Å²) in [4.78, 5) is 11.0. The molecule has 0 fully saturated rings. The van der Waals surface area contributed by atoms with Crippen LogP contribution in [0.5, 0.6) is 5.75 Å². The van der Waals surface area contributed by atoms with E-state index in [4.69, 9.17) is 11.3 Å². The van der Waals surface area contributed by atoms with Crippen LogP contribution in [-0.4, -0.2) is 17.1 Å². The van der Waals surface area contributed by atoms with Gasteiger partial charge >= 0.3 is 0 Å². The Morgan fingerprint density at radius 3 is 2.95 bits per heavy atom. The van der Waals surface area contributed by atoms with Crippen molar-refractivity contribution in [2.24, 2.45) is 0 Å². The van der Waals surface area contributed by atoms with E-state index < -0.39 is 0 Å². The van der Waals surface area contributed by atoms with Crippen molar-refractivity contribution >= 4 is 22.7 Å². The van der Waals surface area contributed by atoms with Crippen LogP contribution >= 0.6 is 0 Å². The van der Waals surface area contributed by atoms with E-state index in [1.807, 2.05) is 43.5 Å². The van der Waals surface area contributed by atoms with E-state index in [1.165, 1.54) is 0 Å². The molecule has 22 heavy (non-hydrogen) atoms. The van der Waals surface area contributed by atoms with Crippen LogP contribution < -0.4 is 4.74 Å². The van der Waals surface area contributed by atoms with Gasteiger partial charge in [-0.1, -0.05) is 0 Å². The Bertz CT molecular complexity index is 900. The van der Waals surface area contributed by atoms with E-state index in [9.17, 15) is 0 Å². The molecule has 4 heteroatoms. The summed E-state index contributed by atoms with van der Waals surface area (Å²) >= 11 is 0. The molecule has 2 aromatic heterocycles. The summed E-state index contributed by atoms with van der Waals surface area (Å²) in [6, 6.07) is 7.73. The standard InChI is InChI=1S/C18H15N3O/c1-12-6-7-20-10-13(12)8-18(19-2)16-11-21-17-5-4-14(22-3)9-15(16)17/h4-11,21H,1,3H3/b18-8-. The first-order valence-corrected chi connectivity index (χ1v) is 6.88. The number of rotatable bonds is 3. The topological polar surface area (TPSA) is 42.3 Å². The van der Waals surface area contributed by atoms with Crippen molar-refractivity contribution in [3.8, 4) is 5.75 Å². The van der Waals surface area contributed by atoms with Crippen molar-refractivity contribution < 1.29 is 4.74 Å². The molecule has 0 aliphatic rings.